The number of nitrogens with zero attached hydrogens (tertiary/aromatic N) is 1. The second kappa shape index (κ2) is 3.48. The Morgan fingerprint density at radius 3 is 2.83 bits per heavy atom. The van der Waals surface area contributed by atoms with Crippen molar-refractivity contribution in [1.82, 2.24) is 4.68 Å². The van der Waals surface area contributed by atoms with Gasteiger partial charge in [-0.2, -0.15) is 0 Å². The van der Waals surface area contributed by atoms with Crippen LogP contribution in [0.25, 0.3) is 0 Å². The first-order valence-corrected chi connectivity index (χ1v) is 4.50. The Balaban J connectivity index is 1.82. The molecule has 1 aliphatic rings. The number of aromatic nitrogens is 1. The van der Waals surface area contributed by atoms with Crippen LogP contribution in [0.2, 0.25) is 0 Å². The van der Waals surface area contributed by atoms with Gasteiger partial charge in [0.2, 0.25) is 0 Å². The van der Waals surface area contributed by atoms with Crippen molar-refractivity contribution in [3.63, 3.8) is 0 Å². The quantitative estimate of drug-likeness (QED) is 0.674. The van der Waals surface area contributed by atoms with Crippen LogP contribution in [0.4, 0.5) is 0 Å². The topological polar surface area (TPSA) is 17.0 Å². The Bertz CT molecular complexity index is 259. The van der Waals surface area contributed by atoms with Crippen molar-refractivity contribution in [3.05, 3.63) is 36.2 Å². The highest BCUT2D eigenvalue weighted by Gasteiger charge is 2.02. The van der Waals surface area contributed by atoms with Gasteiger partial charge in [0.15, 0.2) is 0 Å². The fourth-order valence-electron chi connectivity index (χ4n) is 1.53. The van der Waals surface area contributed by atoms with Crippen LogP contribution in [0.5, 0.6) is 0 Å². The molecule has 0 radical (unpaired) electrons. The molecular weight excluding hydrogens is 148 g/mol. The molecule has 0 fully saturated rings. The van der Waals surface area contributed by atoms with Crippen molar-refractivity contribution in [2.45, 2.75) is 19.3 Å². The fourth-order valence-corrected chi connectivity index (χ4v) is 1.53. The molecule has 0 aromatic carbocycles. The van der Waals surface area contributed by atoms with E-state index in [-0.39, 0.29) is 0 Å². The average Bonchev–Trinajstić information content (AvgIpc) is 2.74. The molecule has 0 aliphatic heterocycles. The van der Waals surface area contributed by atoms with E-state index in [1.807, 2.05) is 29.2 Å². The molecule has 1 aromatic rings. The molecule has 2 heteroatoms. The molecule has 0 saturated heterocycles. The zero-order valence-corrected chi connectivity index (χ0v) is 7.16. The molecule has 1 heterocycles. The zero-order chi connectivity index (χ0) is 8.23. The number of hydrogen-bond acceptors (Lipinski definition) is 1. The Labute approximate surface area is 72.9 Å². The lowest BCUT2D eigenvalue weighted by Crippen LogP contribution is -2.14. The normalized spacial score (nSPS) is 16.2. The molecule has 0 unspecified atom stereocenters. The van der Waals surface area contributed by atoms with Gasteiger partial charge in [-0.15, -0.1) is 0 Å². The highest BCUT2D eigenvalue weighted by atomic mass is 15.4. The van der Waals surface area contributed by atoms with Crippen molar-refractivity contribution >= 4 is 0 Å². The van der Waals surface area contributed by atoms with E-state index < -0.39 is 0 Å². The van der Waals surface area contributed by atoms with E-state index in [4.69, 9.17) is 0 Å². The summed E-state index contributed by atoms with van der Waals surface area (Å²) in [5.74, 6) is 0. The highest BCUT2D eigenvalue weighted by Crippen LogP contribution is 2.16. The summed E-state index contributed by atoms with van der Waals surface area (Å²) < 4.78 is 2.00. The largest absolute Gasteiger partial charge is 0.322 e. The minimum atomic E-state index is 0.995. The van der Waals surface area contributed by atoms with Gasteiger partial charge in [0.05, 0.1) is 6.54 Å². The van der Waals surface area contributed by atoms with Crippen LogP contribution in [0.15, 0.2) is 36.2 Å². The predicted molar refractivity (Wildman–Crippen MR) is 50.6 cm³/mol. The van der Waals surface area contributed by atoms with E-state index in [0.29, 0.717) is 0 Å². The third kappa shape index (κ3) is 1.70. The monoisotopic (exact) mass is 162 g/mol. The lowest BCUT2D eigenvalue weighted by molar-refractivity contribution is 0.841. The molecule has 0 spiro atoms. The maximum atomic E-state index is 3.31. The Hall–Kier alpha value is -1.18. The van der Waals surface area contributed by atoms with Gasteiger partial charge in [0, 0.05) is 12.4 Å². The summed E-state index contributed by atoms with van der Waals surface area (Å²) in [5, 5.41) is 0. The molecule has 12 heavy (non-hydrogen) atoms. The van der Waals surface area contributed by atoms with E-state index in [1.165, 1.54) is 19.3 Å². The summed E-state index contributed by atoms with van der Waals surface area (Å²) >= 11 is 0. The number of rotatable bonds is 3. The van der Waals surface area contributed by atoms with Crippen LogP contribution in [0, 0.1) is 0 Å². The summed E-state index contributed by atoms with van der Waals surface area (Å²) in [5.41, 5.74) is 4.86. The maximum Gasteiger partial charge on any atom is 0.0523 e. The minimum Gasteiger partial charge on any atom is -0.322 e. The molecule has 0 atom stereocenters. The summed E-state index contributed by atoms with van der Waals surface area (Å²) in [6, 6.07) is 4.05. The van der Waals surface area contributed by atoms with Crippen LogP contribution >= 0.6 is 0 Å². The first-order valence-electron chi connectivity index (χ1n) is 4.50. The van der Waals surface area contributed by atoms with Gasteiger partial charge in [0.1, 0.15) is 0 Å². The molecule has 1 N–H and O–H groups in total. The molecule has 1 aromatic heterocycles. The minimum absolute atomic E-state index is 0.995. The van der Waals surface area contributed by atoms with Gasteiger partial charge in [-0.3, -0.25) is 4.68 Å². The summed E-state index contributed by atoms with van der Waals surface area (Å²) in [6.45, 7) is 0.995. The van der Waals surface area contributed by atoms with Crippen molar-refractivity contribution in [1.29, 1.82) is 0 Å². The molecule has 2 nitrogen and oxygen atoms in total. The Morgan fingerprint density at radius 1 is 1.33 bits per heavy atom. The molecule has 0 amide bonds. The summed E-state index contributed by atoms with van der Waals surface area (Å²) in [4.78, 5) is 0. The fraction of sp³-hybridized carbons (Fsp3) is 0.400. The smallest absolute Gasteiger partial charge is 0.0523 e. The van der Waals surface area contributed by atoms with E-state index in [0.717, 1.165) is 6.54 Å². The zero-order valence-electron chi connectivity index (χ0n) is 7.16. The second-order valence-electron chi connectivity index (χ2n) is 3.18. The van der Waals surface area contributed by atoms with Crippen molar-refractivity contribution in [2.24, 2.45) is 0 Å². The second-order valence-corrected chi connectivity index (χ2v) is 3.18. The summed E-state index contributed by atoms with van der Waals surface area (Å²) in [7, 11) is 0. The third-order valence-electron chi connectivity index (χ3n) is 2.23. The van der Waals surface area contributed by atoms with E-state index in [1.54, 1.807) is 5.57 Å². The molecule has 0 bridgehead atoms. The molecule has 2 rings (SSSR count). The third-order valence-corrected chi connectivity index (χ3v) is 2.23. The molecular formula is C10H14N2. The predicted octanol–water partition coefficient (Wildman–Crippen LogP) is 2.14. The first-order chi connectivity index (χ1) is 5.95. The molecule has 0 saturated carbocycles. The van der Waals surface area contributed by atoms with E-state index >= 15 is 0 Å². The standard InChI is InChI=1S/C10H14N2/c1-2-6-10(5-1)9-11-12-7-3-4-8-12/h3-5,7-8,11H,1-2,6,9H2. The Kier molecular flexibility index (Phi) is 2.16. The average molecular weight is 162 g/mol. The van der Waals surface area contributed by atoms with Crippen molar-refractivity contribution < 1.29 is 0 Å². The lowest BCUT2D eigenvalue weighted by Gasteiger charge is -2.07. The SMILES string of the molecule is C1=C(CNn2cccc2)CCC1. The lowest BCUT2D eigenvalue weighted by atomic mass is 10.2. The maximum absolute atomic E-state index is 3.31. The first kappa shape index (κ1) is 7.47. The van der Waals surface area contributed by atoms with Gasteiger partial charge < -0.3 is 5.43 Å². The van der Waals surface area contributed by atoms with Gasteiger partial charge in [-0.1, -0.05) is 11.6 Å². The number of hydrogen-bond donors (Lipinski definition) is 1. The van der Waals surface area contributed by atoms with Gasteiger partial charge in [-0.25, -0.2) is 0 Å². The van der Waals surface area contributed by atoms with Crippen molar-refractivity contribution in [3.8, 4) is 0 Å². The van der Waals surface area contributed by atoms with Gasteiger partial charge in [-0.05, 0) is 31.4 Å². The van der Waals surface area contributed by atoms with Crippen LogP contribution in [0.1, 0.15) is 19.3 Å². The Morgan fingerprint density at radius 2 is 2.17 bits per heavy atom. The van der Waals surface area contributed by atoms with E-state index in [2.05, 4.69) is 11.5 Å². The number of allylic oxidation sites excluding steroid dienone is 1. The summed E-state index contributed by atoms with van der Waals surface area (Å²) in [6.07, 6.45) is 10.3. The van der Waals surface area contributed by atoms with Gasteiger partial charge in [0.25, 0.3) is 0 Å². The molecule has 1 aliphatic carbocycles. The van der Waals surface area contributed by atoms with Crippen LogP contribution in [-0.2, 0) is 0 Å². The van der Waals surface area contributed by atoms with Crippen LogP contribution in [0.3, 0.4) is 0 Å². The van der Waals surface area contributed by atoms with E-state index in [9.17, 15) is 0 Å². The van der Waals surface area contributed by atoms with Crippen LogP contribution in [-0.4, -0.2) is 11.2 Å². The highest BCUT2D eigenvalue weighted by molar-refractivity contribution is 5.12. The van der Waals surface area contributed by atoms with Crippen molar-refractivity contribution in [2.75, 3.05) is 12.0 Å². The van der Waals surface area contributed by atoms with Gasteiger partial charge >= 0.3 is 0 Å². The molecule has 64 valence electrons. The number of nitrogens with one attached hydrogen (secondary N) is 1. The van der Waals surface area contributed by atoms with Crippen LogP contribution < -0.4 is 5.43 Å².